The molecule has 7 nitrogen and oxygen atoms in total. The van der Waals surface area contributed by atoms with Gasteiger partial charge in [-0.3, -0.25) is 14.4 Å². The minimum Gasteiger partial charge on any atom is -0.462 e. The number of allylic oxidation sites excluding steroid dienone is 1. The van der Waals surface area contributed by atoms with Gasteiger partial charge in [0.25, 0.3) is 0 Å². The first-order valence-corrected chi connectivity index (χ1v) is 18.6. The predicted molar refractivity (Wildman–Crippen MR) is 188 cm³/mol. The van der Waals surface area contributed by atoms with Gasteiger partial charge in [0.05, 0.1) is 12.1 Å². The largest absolute Gasteiger partial charge is 0.462 e. The Labute approximate surface area is 291 Å². The normalized spacial score (nSPS) is 38.3. The van der Waals surface area contributed by atoms with Crippen molar-refractivity contribution in [2.24, 2.45) is 45.3 Å². The number of amides is 2. The molecule has 2 amide bonds. The van der Waals surface area contributed by atoms with Crippen molar-refractivity contribution in [1.29, 1.82) is 0 Å². The molecule has 0 bridgehead atoms. The van der Waals surface area contributed by atoms with Gasteiger partial charge < -0.3 is 15.4 Å². The van der Waals surface area contributed by atoms with Crippen LogP contribution in [0.4, 0.5) is 4.79 Å². The Bertz CT molecular complexity index is 1550. The van der Waals surface area contributed by atoms with E-state index in [9.17, 15) is 19.2 Å². The van der Waals surface area contributed by atoms with Gasteiger partial charge in [-0.2, -0.15) is 0 Å². The molecule has 0 aromatic heterocycles. The average Bonchev–Trinajstić information content (AvgIpc) is 3.29. The standard InChI is InChI=1S/C40H55ClN2O5/c1-23(2)33-28(45)21-40(43-35(47)42-22-29(46)25-9-11-26(41)12-10-25)20-19-38(7)27(34(33)40)13-14-31-37(6)17-16-32(48-24(3)44)36(4,5)30(37)15-18-39(31,38)8/h9-12,23,27,30-32H,13-22H2,1-8H3,(H2,42,43,47)/t27-,30+,31-,32+,37+,38-,39-,40-/m1/s1. The topological polar surface area (TPSA) is 102 Å². The molecule has 4 fully saturated rings. The molecule has 262 valence electrons. The summed E-state index contributed by atoms with van der Waals surface area (Å²) in [6, 6.07) is 6.24. The van der Waals surface area contributed by atoms with E-state index in [0.717, 1.165) is 50.5 Å². The molecule has 0 radical (unpaired) electrons. The van der Waals surface area contributed by atoms with Gasteiger partial charge in [0.2, 0.25) is 0 Å². The van der Waals surface area contributed by atoms with Crippen LogP contribution in [0.5, 0.6) is 0 Å². The molecule has 0 unspecified atom stereocenters. The van der Waals surface area contributed by atoms with Crippen LogP contribution in [0, 0.1) is 45.3 Å². The lowest BCUT2D eigenvalue weighted by Gasteiger charge is -2.72. The number of hydrogen-bond donors (Lipinski definition) is 2. The van der Waals surface area contributed by atoms with E-state index in [1.807, 2.05) is 0 Å². The molecule has 0 heterocycles. The lowest BCUT2D eigenvalue weighted by molar-refractivity contribution is -0.231. The summed E-state index contributed by atoms with van der Waals surface area (Å²) in [4.78, 5) is 52.3. The first-order valence-electron chi connectivity index (χ1n) is 18.2. The van der Waals surface area contributed by atoms with Gasteiger partial charge in [0, 0.05) is 29.3 Å². The summed E-state index contributed by atoms with van der Waals surface area (Å²) in [5.41, 5.74) is 1.89. The molecule has 8 heteroatoms. The lowest BCUT2D eigenvalue weighted by Crippen LogP contribution is -2.67. The molecule has 0 aliphatic heterocycles. The molecular formula is C40H55ClN2O5. The van der Waals surface area contributed by atoms with Crippen molar-refractivity contribution in [3.63, 3.8) is 0 Å². The Morgan fingerprint density at radius 1 is 0.896 bits per heavy atom. The number of urea groups is 1. The smallest absolute Gasteiger partial charge is 0.315 e. The van der Waals surface area contributed by atoms with E-state index in [4.69, 9.17) is 16.3 Å². The molecule has 48 heavy (non-hydrogen) atoms. The summed E-state index contributed by atoms with van der Waals surface area (Å²) in [5, 5.41) is 6.65. The molecule has 6 rings (SSSR count). The first kappa shape index (κ1) is 35.2. The third-order valence-corrected chi connectivity index (χ3v) is 14.9. The van der Waals surface area contributed by atoms with Crippen molar-refractivity contribution in [3.05, 3.63) is 46.0 Å². The fourth-order valence-corrected chi connectivity index (χ4v) is 12.4. The number of carbonyl (C=O) groups is 4. The third-order valence-electron chi connectivity index (χ3n) is 14.6. The van der Waals surface area contributed by atoms with E-state index < -0.39 is 11.6 Å². The van der Waals surface area contributed by atoms with E-state index in [0.29, 0.717) is 28.8 Å². The van der Waals surface area contributed by atoms with Crippen LogP contribution in [-0.4, -0.2) is 41.8 Å². The third kappa shape index (κ3) is 5.27. The number of Topliss-reactive ketones (excluding diaryl/α,β-unsaturated/α-hetero) is 2. The maximum atomic E-state index is 13.9. The number of hydrogen-bond acceptors (Lipinski definition) is 5. The Hall–Kier alpha value is -2.67. The molecule has 4 saturated carbocycles. The van der Waals surface area contributed by atoms with Crippen LogP contribution >= 0.6 is 11.6 Å². The Kier molecular flexibility index (Phi) is 8.78. The highest BCUT2D eigenvalue weighted by molar-refractivity contribution is 6.30. The molecule has 0 saturated heterocycles. The fourth-order valence-electron chi connectivity index (χ4n) is 12.3. The van der Waals surface area contributed by atoms with Crippen molar-refractivity contribution in [1.82, 2.24) is 10.6 Å². The minimum atomic E-state index is -0.733. The summed E-state index contributed by atoms with van der Waals surface area (Å²) < 4.78 is 5.92. The summed E-state index contributed by atoms with van der Waals surface area (Å²) in [6.07, 6.45) is 8.09. The number of ketones is 2. The maximum absolute atomic E-state index is 13.9. The highest BCUT2D eigenvalue weighted by Crippen LogP contribution is 2.75. The van der Waals surface area contributed by atoms with E-state index in [1.165, 1.54) is 12.5 Å². The molecular weight excluding hydrogens is 624 g/mol. The second kappa shape index (κ2) is 12.0. The van der Waals surface area contributed by atoms with Crippen LogP contribution in [0.2, 0.25) is 5.02 Å². The van der Waals surface area contributed by atoms with Crippen molar-refractivity contribution in [2.75, 3.05) is 6.54 Å². The van der Waals surface area contributed by atoms with Gasteiger partial charge in [0.1, 0.15) is 6.10 Å². The average molecular weight is 679 g/mol. The quantitative estimate of drug-likeness (QED) is 0.232. The number of ether oxygens (including phenoxy) is 1. The minimum absolute atomic E-state index is 0.0347. The predicted octanol–water partition coefficient (Wildman–Crippen LogP) is 8.49. The summed E-state index contributed by atoms with van der Waals surface area (Å²) >= 11 is 5.98. The Balaban J connectivity index is 1.28. The monoisotopic (exact) mass is 678 g/mol. The number of esters is 1. The van der Waals surface area contributed by atoms with Crippen molar-refractivity contribution in [2.45, 2.75) is 125 Å². The van der Waals surface area contributed by atoms with E-state index in [1.54, 1.807) is 24.3 Å². The summed E-state index contributed by atoms with van der Waals surface area (Å²) in [5.74, 6) is 0.995. The highest BCUT2D eigenvalue weighted by Gasteiger charge is 2.70. The van der Waals surface area contributed by atoms with E-state index >= 15 is 0 Å². The Morgan fingerprint density at radius 2 is 1.58 bits per heavy atom. The van der Waals surface area contributed by atoms with Gasteiger partial charge in [-0.05, 0) is 127 Å². The number of fused-ring (bicyclic) bond motifs is 7. The second-order valence-corrected chi connectivity index (χ2v) is 17.9. The van der Waals surface area contributed by atoms with Crippen LogP contribution in [0.1, 0.15) is 124 Å². The number of benzene rings is 1. The zero-order valence-corrected chi connectivity index (χ0v) is 30.9. The fraction of sp³-hybridized carbons (Fsp3) is 0.700. The summed E-state index contributed by atoms with van der Waals surface area (Å²) in [6.45, 7) is 17.8. The van der Waals surface area contributed by atoms with Gasteiger partial charge in [-0.25, -0.2) is 4.79 Å². The van der Waals surface area contributed by atoms with Gasteiger partial charge in [-0.1, -0.05) is 60.1 Å². The second-order valence-electron chi connectivity index (χ2n) is 17.5. The molecule has 8 atom stereocenters. The van der Waals surface area contributed by atoms with Crippen LogP contribution in [0.25, 0.3) is 0 Å². The van der Waals surface area contributed by atoms with E-state index in [-0.39, 0.29) is 70.1 Å². The van der Waals surface area contributed by atoms with Crippen LogP contribution in [-0.2, 0) is 14.3 Å². The zero-order valence-electron chi connectivity index (χ0n) is 30.2. The van der Waals surface area contributed by atoms with Gasteiger partial charge >= 0.3 is 12.0 Å². The van der Waals surface area contributed by atoms with Crippen LogP contribution in [0.3, 0.4) is 0 Å². The Morgan fingerprint density at radius 3 is 2.23 bits per heavy atom. The van der Waals surface area contributed by atoms with Gasteiger partial charge in [0.15, 0.2) is 11.6 Å². The molecule has 5 aliphatic rings. The number of halogens is 1. The number of rotatable bonds is 6. The molecule has 5 aliphatic carbocycles. The van der Waals surface area contributed by atoms with E-state index in [2.05, 4.69) is 59.1 Å². The van der Waals surface area contributed by atoms with Gasteiger partial charge in [-0.15, -0.1) is 0 Å². The van der Waals surface area contributed by atoms with Crippen molar-refractivity contribution in [3.8, 4) is 0 Å². The molecule has 0 spiro atoms. The van der Waals surface area contributed by atoms with Crippen molar-refractivity contribution < 1.29 is 23.9 Å². The molecule has 1 aromatic carbocycles. The summed E-state index contributed by atoms with van der Waals surface area (Å²) in [7, 11) is 0. The number of carbonyl (C=O) groups excluding carboxylic acids is 4. The van der Waals surface area contributed by atoms with Crippen LogP contribution in [0.15, 0.2) is 35.4 Å². The van der Waals surface area contributed by atoms with Crippen molar-refractivity contribution >= 4 is 35.2 Å². The molecule has 1 aromatic rings. The number of nitrogens with one attached hydrogen (secondary N) is 2. The maximum Gasteiger partial charge on any atom is 0.315 e. The zero-order chi connectivity index (χ0) is 35.0. The highest BCUT2D eigenvalue weighted by atomic mass is 35.5. The first-order chi connectivity index (χ1) is 22.4. The SMILES string of the molecule is CC(=O)O[C@H]1CC[C@]2(C)[C@H]3CC[C@@H]4C5=C(C(C)C)C(=O)C[C@]5(NC(=O)NCC(=O)c5ccc(Cl)cc5)CC[C@@]4(C)[C@]3(C)CC[C@H]2C1(C)C. The van der Waals surface area contributed by atoms with Crippen LogP contribution < -0.4 is 10.6 Å². The lowest BCUT2D eigenvalue weighted by atomic mass is 9.33. The molecule has 2 N–H and O–H groups in total.